The first-order valence-electron chi connectivity index (χ1n) is 6.75. The smallest absolute Gasteiger partial charge is 0.417 e. The van der Waals surface area contributed by atoms with Crippen molar-refractivity contribution in [2.75, 3.05) is 6.54 Å². The van der Waals surface area contributed by atoms with Crippen molar-refractivity contribution in [1.82, 2.24) is 9.47 Å². The number of pyridine rings is 1. The van der Waals surface area contributed by atoms with E-state index < -0.39 is 52.8 Å². The number of aliphatic carboxylic acids is 1. The molecule has 0 aliphatic carbocycles. The minimum atomic E-state index is -4.75. The topological polar surface area (TPSA) is 106 Å². The molecule has 3 N–H and O–H groups in total. The first-order valence-corrected chi connectivity index (χ1v) is 7.13. The van der Waals surface area contributed by atoms with Crippen molar-refractivity contribution < 1.29 is 27.9 Å². The van der Waals surface area contributed by atoms with Gasteiger partial charge in [0.2, 0.25) is 5.91 Å². The Morgan fingerprint density at radius 2 is 2.04 bits per heavy atom. The van der Waals surface area contributed by atoms with Gasteiger partial charge in [-0.1, -0.05) is 11.6 Å². The van der Waals surface area contributed by atoms with Gasteiger partial charge in [-0.15, -0.1) is 0 Å². The maximum absolute atomic E-state index is 12.8. The summed E-state index contributed by atoms with van der Waals surface area (Å²) in [5, 5.41) is 8.39. The summed E-state index contributed by atoms with van der Waals surface area (Å²) < 4.78 is 38.8. The third-order valence-corrected chi connectivity index (χ3v) is 3.88. The molecule has 2 heterocycles. The number of hydrogen-bond acceptors (Lipinski definition) is 4. The van der Waals surface area contributed by atoms with Gasteiger partial charge in [0, 0.05) is 18.8 Å². The quantitative estimate of drug-likeness (QED) is 0.811. The Morgan fingerprint density at radius 1 is 1.42 bits per heavy atom. The second-order valence-corrected chi connectivity index (χ2v) is 5.81. The Labute approximate surface area is 138 Å². The molecule has 1 aromatic heterocycles. The number of carboxylic acid groups (broad SMARTS) is 1. The molecule has 0 unspecified atom stereocenters. The molecule has 0 aromatic carbocycles. The molecule has 0 spiro atoms. The minimum Gasteiger partial charge on any atom is -0.480 e. The zero-order chi connectivity index (χ0) is 18.2. The Bertz CT molecular complexity index is 734. The van der Waals surface area contributed by atoms with Gasteiger partial charge in [-0.05, 0) is 12.5 Å². The molecule has 7 nitrogen and oxygen atoms in total. The number of halogens is 4. The summed E-state index contributed by atoms with van der Waals surface area (Å²) in [5.74, 6) is -2.10. The van der Waals surface area contributed by atoms with Gasteiger partial charge in [0.15, 0.2) is 0 Å². The molecule has 1 amide bonds. The van der Waals surface area contributed by atoms with Crippen LogP contribution in [0.15, 0.2) is 17.1 Å². The van der Waals surface area contributed by atoms with Crippen molar-refractivity contribution in [3.05, 3.63) is 33.2 Å². The molecule has 0 radical (unpaired) electrons. The van der Waals surface area contributed by atoms with Gasteiger partial charge in [0.25, 0.3) is 5.56 Å². The maximum Gasteiger partial charge on any atom is 0.417 e. The molecule has 1 aliphatic heterocycles. The van der Waals surface area contributed by atoms with Gasteiger partial charge in [-0.2, -0.15) is 13.2 Å². The molecule has 2 rings (SSSR count). The number of aromatic nitrogens is 1. The molecule has 132 valence electrons. The second kappa shape index (κ2) is 6.44. The first kappa shape index (κ1) is 18.3. The number of carbonyl (C=O) groups excluding carboxylic acids is 1. The lowest BCUT2D eigenvalue weighted by atomic mass is 10.2. The number of likely N-dealkylation sites (tertiary alicyclic amines) is 1. The van der Waals surface area contributed by atoms with Gasteiger partial charge >= 0.3 is 12.1 Å². The monoisotopic (exact) mass is 367 g/mol. The zero-order valence-corrected chi connectivity index (χ0v) is 12.8. The summed E-state index contributed by atoms with van der Waals surface area (Å²) in [4.78, 5) is 36.1. The van der Waals surface area contributed by atoms with Gasteiger partial charge in [-0.3, -0.25) is 9.59 Å². The fraction of sp³-hybridized carbons (Fsp3) is 0.462. The Morgan fingerprint density at radius 3 is 2.58 bits per heavy atom. The van der Waals surface area contributed by atoms with Crippen LogP contribution in [0.4, 0.5) is 13.2 Å². The third kappa shape index (κ3) is 3.70. The van der Waals surface area contributed by atoms with Crippen molar-refractivity contribution in [3.63, 3.8) is 0 Å². The molecular weight excluding hydrogens is 355 g/mol. The highest BCUT2D eigenvalue weighted by Gasteiger charge is 2.38. The summed E-state index contributed by atoms with van der Waals surface area (Å²) >= 11 is 5.50. The van der Waals surface area contributed by atoms with E-state index in [0.717, 1.165) is 4.90 Å². The number of amides is 1. The van der Waals surface area contributed by atoms with E-state index in [1.807, 2.05) is 0 Å². The van der Waals surface area contributed by atoms with E-state index in [-0.39, 0.29) is 13.0 Å². The van der Waals surface area contributed by atoms with Gasteiger partial charge in [-0.25, -0.2) is 4.79 Å². The molecular formula is C13H13ClF3N3O4. The standard InChI is InChI=1S/C13H13ClF3N3O4/c14-8-1-6(13(15,16)17)3-19(11(8)22)5-10(21)20-4-7(18)2-9(20)12(23)24/h1,3,7,9H,2,4-5,18H2,(H,23,24)/t7-,9-/m0/s1. The van der Waals surface area contributed by atoms with Crippen LogP contribution in [0.3, 0.4) is 0 Å². The van der Waals surface area contributed by atoms with Crippen molar-refractivity contribution in [1.29, 1.82) is 0 Å². The van der Waals surface area contributed by atoms with Crippen LogP contribution in [0.5, 0.6) is 0 Å². The Hall–Kier alpha value is -2.07. The van der Waals surface area contributed by atoms with Crippen LogP contribution in [-0.4, -0.2) is 45.1 Å². The van der Waals surface area contributed by atoms with Crippen molar-refractivity contribution in [2.24, 2.45) is 5.73 Å². The van der Waals surface area contributed by atoms with Crippen molar-refractivity contribution in [2.45, 2.75) is 31.2 Å². The molecule has 1 fully saturated rings. The van der Waals surface area contributed by atoms with E-state index in [1.54, 1.807) is 0 Å². The minimum absolute atomic E-state index is 0.0271. The molecule has 11 heteroatoms. The molecule has 2 atom stereocenters. The number of carbonyl (C=O) groups is 2. The fourth-order valence-electron chi connectivity index (χ4n) is 2.49. The lowest BCUT2D eigenvalue weighted by molar-refractivity contribution is -0.148. The summed E-state index contributed by atoms with van der Waals surface area (Å²) in [7, 11) is 0. The first-order chi connectivity index (χ1) is 11.0. The molecule has 1 saturated heterocycles. The van der Waals surface area contributed by atoms with Crippen LogP contribution in [0.2, 0.25) is 5.02 Å². The van der Waals surface area contributed by atoms with E-state index >= 15 is 0 Å². The lowest BCUT2D eigenvalue weighted by Crippen LogP contribution is -2.43. The van der Waals surface area contributed by atoms with Crippen LogP contribution in [0.1, 0.15) is 12.0 Å². The highest BCUT2D eigenvalue weighted by molar-refractivity contribution is 6.30. The van der Waals surface area contributed by atoms with E-state index in [0.29, 0.717) is 16.8 Å². The highest BCUT2D eigenvalue weighted by atomic mass is 35.5. The predicted molar refractivity (Wildman–Crippen MR) is 76.4 cm³/mol. The van der Waals surface area contributed by atoms with E-state index in [4.69, 9.17) is 22.4 Å². The van der Waals surface area contributed by atoms with Crippen LogP contribution in [0, 0.1) is 0 Å². The SMILES string of the molecule is N[C@H]1C[C@@H](C(=O)O)N(C(=O)Cn2cc(C(F)(F)F)cc(Cl)c2=O)C1. The van der Waals surface area contributed by atoms with Crippen LogP contribution < -0.4 is 11.3 Å². The molecule has 1 aliphatic rings. The Kier molecular flexibility index (Phi) is 4.90. The normalized spacial score (nSPS) is 21.1. The highest BCUT2D eigenvalue weighted by Crippen LogP contribution is 2.29. The van der Waals surface area contributed by atoms with Gasteiger partial charge < -0.3 is 20.3 Å². The molecule has 1 aromatic rings. The lowest BCUT2D eigenvalue weighted by Gasteiger charge is -2.22. The number of hydrogen-bond donors (Lipinski definition) is 2. The van der Waals surface area contributed by atoms with Crippen molar-refractivity contribution >= 4 is 23.5 Å². The number of alkyl halides is 3. The number of rotatable bonds is 3. The van der Waals surface area contributed by atoms with Gasteiger partial charge in [0.1, 0.15) is 17.6 Å². The molecule has 0 saturated carbocycles. The Balaban J connectivity index is 2.30. The maximum atomic E-state index is 12.8. The summed E-state index contributed by atoms with van der Waals surface area (Å²) in [6.07, 6.45) is -4.25. The van der Waals surface area contributed by atoms with Crippen LogP contribution in [-0.2, 0) is 22.3 Å². The van der Waals surface area contributed by atoms with Gasteiger partial charge in [0.05, 0.1) is 5.56 Å². The van der Waals surface area contributed by atoms with Crippen LogP contribution >= 0.6 is 11.6 Å². The molecule has 0 bridgehead atoms. The second-order valence-electron chi connectivity index (χ2n) is 5.40. The molecule has 24 heavy (non-hydrogen) atoms. The third-order valence-electron chi connectivity index (χ3n) is 3.61. The van der Waals surface area contributed by atoms with Crippen molar-refractivity contribution in [3.8, 4) is 0 Å². The van der Waals surface area contributed by atoms with E-state index in [2.05, 4.69) is 0 Å². The summed E-state index contributed by atoms with van der Waals surface area (Å²) in [5.41, 5.74) is 3.46. The summed E-state index contributed by atoms with van der Waals surface area (Å²) in [6, 6.07) is -1.27. The predicted octanol–water partition coefficient (Wildman–Crippen LogP) is 0.533. The summed E-state index contributed by atoms with van der Waals surface area (Å²) in [6.45, 7) is -0.823. The van der Waals surface area contributed by atoms with E-state index in [9.17, 15) is 27.6 Å². The van der Waals surface area contributed by atoms with Crippen LogP contribution in [0.25, 0.3) is 0 Å². The largest absolute Gasteiger partial charge is 0.480 e. The number of carboxylic acids is 1. The van der Waals surface area contributed by atoms with E-state index in [1.165, 1.54) is 0 Å². The number of nitrogens with two attached hydrogens (primary N) is 1. The average Bonchev–Trinajstić information content (AvgIpc) is 2.85. The zero-order valence-electron chi connectivity index (χ0n) is 12.1. The fourth-order valence-corrected chi connectivity index (χ4v) is 2.71. The number of nitrogens with zero attached hydrogens (tertiary/aromatic N) is 2. The average molecular weight is 368 g/mol.